The van der Waals surface area contributed by atoms with Crippen LogP contribution in [0.1, 0.15) is 66.8 Å². The Kier molecular flexibility index (Phi) is 9.14. The highest BCUT2D eigenvalue weighted by Gasteiger charge is 2.20. The van der Waals surface area contributed by atoms with Gasteiger partial charge in [-0.2, -0.15) is 0 Å². The van der Waals surface area contributed by atoms with Crippen molar-refractivity contribution in [3.05, 3.63) is 94.5 Å². The molecule has 0 unspecified atom stereocenters. The SMILES string of the molecule is CC/C(=C(/c1ccc(O)cc1)c1c(C)cc(C)cc1OCCCCCCN)c1ccccc1. The number of hydrogen-bond donors (Lipinski definition) is 2. The quantitative estimate of drug-likeness (QED) is 0.242. The Morgan fingerprint density at radius 1 is 0.848 bits per heavy atom. The van der Waals surface area contributed by atoms with E-state index in [9.17, 15) is 5.11 Å². The summed E-state index contributed by atoms with van der Waals surface area (Å²) < 4.78 is 6.42. The van der Waals surface area contributed by atoms with Gasteiger partial charge in [-0.05, 0) is 91.3 Å². The normalized spacial score (nSPS) is 11.9. The molecular weight excluding hydrogens is 406 g/mol. The molecule has 0 aliphatic carbocycles. The van der Waals surface area contributed by atoms with E-state index in [1.807, 2.05) is 18.2 Å². The number of nitrogens with two attached hydrogens (primary N) is 1. The zero-order chi connectivity index (χ0) is 23.6. The minimum atomic E-state index is 0.269. The fraction of sp³-hybridized carbons (Fsp3) is 0.333. The first-order valence-corrected chi connectivity index (χ1v) is 12.1. The first-order chi connectivity index (χ1) is 16.0. The van der Waals surface area contributed by atoms with Gasteiger partial charge in [0, 0.05) is 5.56 Å². The van der Waals surface area contributed by atoms with Crippen LogP contribution in [0.5, 0.6) is 11.5 Å². The number of hydrogen-bond acceptors (Lipinski definition) is 3. The van der Waals surface area contributed by atoms with Crippen LogP contribution in [-0.2, 0) is 0 Å². The second kappa shape index (κ2) is 12.3. The molecule has 0 saturated heterocycles. The highest BCUT2D eigenvalue weighted by Crippen LogP contribution is 2.41. The van der Waals surface area contributed by atoms with E-state index in [-0.39, 0.29) is 5.75 Å². The van der Waals surface area contributed by atoms with E-state index in [4.69, 9.17) is 10.5 Å². The summed E-state index contributed by atoms with van der Waals surface area (Å²) in [5.74, 6) is 1.20. The van der Waals surface area contributed by atoms with Crippen molar-refractivity contribution in [1.29, 1.82) is 0 Å². The number of aryl methyl sites for hydroxylation is 2. The second-order valence-electron chi connectivity index (χ2n) is 8.63. The Bertz CT molecular complexity index is 1050. The average Bonchev–Trinajstić information content (AvgIpc) is 2.81. The van der Waals surface area contributed by atoms with Gasteiger partial charge in [-0.1, -0.05) is 68.3 Å². The lowest BCUT2D eigenvalue weighted by molar-refractivity contribution is 0.303. The van der Waals surface area contributed by atoms with Crippen LogP contribution in [-0.4, -0.2) is 18.3 Å². The molecular formula is C30H37NO2. The molecule has 33 heavy (non-hydrogen) atoms. The van der Waals surface area contributed by atoms with Crippen molar-refractivity contribution in [2.45, 2.75) is 52.9 Å². The third kappa shape index (κ3) is 6.49. The van der Waals surface area contributed by atoms with Gasteiger partial charge in [-0.15, -0.1) is 0 Å². The molecule has 0 radical (unpaired) electrons. The van der Waals surface area contributed by atoms with Crippen LogP contribution < -0.4 is 10.5 Å². The average molecular weight is 444 g/mol. The van der Waals surface area contributed by atoms with Crippen molar-refractivity contribution in [3.8, 4) is 11.5 Å². The van der Waals surface area contributed by atoms with E-state index < -0.39 is 0 Å². The van der Waals surface area contributed by atoms with Crippen molar-refractivity contribution in [1.82, 2.24) is 0 Å². The number of rotatable bonds is 11. The van der Waals surface area contributed by atoms with Gasteiger partial charge >= 0.3 is 0 Å². The number of phenolic OH excluding ortho intramolecular Hbond substituents is 1. The fourth-order valence-electron chi connectivity index (χ4n) is 4.41. The second-order valence-corrected chi connectivity index (χ2v) is 8.63. The van der Waals surface area contributed by atoms with Gasteiger partial charge in [0.2, 0.25) is 0 Å². The predicted octanol–water partition coefficient (Wildman–Crippen LogP) is 7.28. The van der Waals surface area contributed by atoms with E-state index in [2.05, 4.69) is 57.2 Å². The molecule has 0 aromatic heterocycles. The smallest absolute Gasteiger partial charge is 0.127 e. The minimum Gasteiger partial charge on any atom is -0.508 e. The summed E-state index contributed by atoms with van der Waals surface area (Å²) in [4.78, 5) is 0. The van der Waals surface area contributed by atoms with Crippen LogP contribution in [0.4, 0.5) is 0 Å². The molecule has 3 heteroatoms. The van der Waals surface area contributed by atoms with Crippen molar-refractivity contribution in [2.24, 2.45) is 5.73 Å². The third-order valence-corrected chi connectivity index (χ3v) is 5.98. The summed E-state index contributed by atoms with van der Waals surface area (Å²) in [6.45, 7) is 7.92. The zero-order valence-corrected chi connectivity index (χ0v) is 20.2. The van der Waals surface area contributed by atoms with Gasteiger partial charge in [0.25, 0.3) is 0 Å². The lowest BCUT2D eigenvalue weighted by atomic mass is 9.85. The van der Waals surface area contributed by atoms with Crippen molar-refractivity contribution < 1.29 is 9.84 Å². The molecule has 3 rings (SSSR count). The van der Waals surface area contributed by atoms with Gasteiger partial charge in [-0.3, -0.25) is 0 Å². The summed E-state index contributed by atoms with van der Waals surface area (Å²) in [5.41, 5.74) is 13.9. The molecule has 0 spiro atoms. The van der Waals surface area contributed by atoms with Crippen molar-refractivity contribution >= 4 is 11.1 Å². The highest BCUT2D eigenvalue weighted by molar-refractivity contribution is 6.00. The minimum absolute atomic E-state index is 0.269. The Morgan fingerprint density at radius 2 is 1.55 bits per heavy atom. The lowest BCUT2D eigenvalue weighted by Gasteiger charge is -2.22. The number of unbranched alkanes of at least 4 members (excludes halogenated alkanes) is 3. The van der Waals surface area contributed by atoms with E-state index in [0.717, 1.165) is 55.5 Å². The van der Waals surface area contributed by atoms with E-state index >= 15 is 0 Å². The fourth-order valence-corrected chi connectivity index (χ4v) is 4.41. The largest absolute Gasteiger partial charge is 0.508 e. The standard InChI is InChI=1S/C30H37NO2/c1-4-27(24-12-8-7-9-13-24)30(25-14-16-26(32)17-15-25)29-23(3)20-22(2)21-28(29)33-19-11-6-5-10-18-31/h7-9,12-17,20-21,32H,4-6,10-11,18-19,31H2,1-3H3/b30-27+. The third-order valence-electron chi connectivity index (χ3n) is 5.98. The van der Waals surface area contributed by atoms with Crippen LogP contribution in [0.3, 0.4) is 0 Å². The molecule has 0 aliphatic heterocycles. The molecule has 0 fully saturated rings. The molecule has 3 N–H and O–H groups in total. The lowest BCUT2D eigenvalue weighted by Crippen LogP contribution is -2.05. The van der Waals surface area contributed by atoms with E-state index in [1.165, 1.54) is 27.8 Å². The van der Waals surface area contributed by atoms with Crippen LogP contribution in [0.25, 0.3) is 11.1 Å². The maximum Gasteiger partial charge on any atom is 0.127 e. The summed E-state index contributed by atoms with van der Waals surface area (Å²) in [7, 11) is 0. The van der Waals surface area contributed by atoms with E-state index in [1.54, 1.807) is 12.1 Å². The van der Waals surface area contributed by atoms with E-state index in [0.29, 0.717) is 6.61 Å². The molecule has 174 valence electrons. The topological polar surface area (TPSA) is 55.5 Å². The first kappa shape index (κ1) is 24.6. The van der Waals surface area contributed by atoms with Gasteiger partial charge in [-0.25, -0.2) is 0 Å². The molecule has 3 aromatic rings. The Balaban J connectivity index is 2.12. The Morgan fingerprint density at radius 3 is 2.21 bits per heavy atom. The molecule has 0 aliphatic rings. The van der Waals surface area contributed by atoms with Crippen LogP contribution >= 0.6 is 0 Å². The first-order valence-electron chi connectivity index (χ1n) is 12.1. The molecule has 0 amide bonds. The maximum absolute atomic E-state index is 9.92. The van der Waals surface area contributed by atoms with Gasteiger partial charge in [0.05, 0.1) is 6.61 Å². The number of aromatic hydroxyl groups is 1. The summed E-state index contributed by atoms with van der Waals surface area (Å²) in [6.07, 6.45) is 5.24. The van der Waals surface area contributed by atoms with Gasteiger partial charge in [0.1, 0.15) is 11.5 Å². The molecule has 0 atom stereocenters. The van der Waals surface area contributed by atoms with Crippen LogP contribution in [0, 0.1) is 13.8 Å². The molecule has 3 nitrogen and oxygen atoms in total. The number of benzene rings is 3. The highest BCUT2D eigenvalue weighted by atomic mass is 16.5. The van der Waals surface area contributed by atoms with Gasteiger partial charge in [0.15, 0.2) is 0 Å². The van der Waals surface area contributed by atoms with Gasteiger partial charge < -0.3 is 15.6 Å². The monoisotopic (exact) mass is 443 g/mol. The maximum atomic E-state index is 9.92. The Hall–Kier alpha value is -3.04. The molecule has 0 heterocycles. The summed E-state index contributed by atoms with van der Waals surface area (Å²) >= 11 is 0. The molecule has 0 saturated carbocycles. The number of allylic oxidation sites excluding steroid dienone is 1. The predicted molar refractivity (Wildman–Crippen MR) is 140 cm³/mol. The number of ether oxygens (including phenoxy) is 1. The van der Waals surface area contributed by atoms with Crippen molar-refractivity contribution in [2.75, 3.05) is 13.2 Å². The molecule has 0 bridgehead atoms. The summed E-state index contributed by atoms with van der Waals surface area (Å²) in [6, 6.07) is 22.4. The molecule has 3 aromatic carbocycles. The van der Waals surface area contributed by atoms with Crippen molar-refractivity contribution in [3.63, 3.8) is 0 Å². The Labute approximate surface area is 198 Å². The number of phenols is 1. The zero-order valence-electron chi connectivity index (χ0n) is 20.2. The van der Waals surface area contributed by atoms with Crippen LogP contribution in [0.15, 0.2) is 66.7 Å². The summed E-state index contributed by atoms with van der Waals surface area (Å²) in [5, 5.41) is 9.92. The van der Waals surface area contributed by atoms with Crippen LogP contribution in [0.2, 0.25) is 0 Å².